The van der Waals surface area contributed by atoms with Crippen molar-refractivity contribution in [1.82, 2.24) is 9.71 Å². The van der Waals surface area contributed by atoms with E-state index in [1.807, 2.05) is 48.5 Å². The first-order valence-corrected chi connectivity index (χ1v) is 11.4. The molecular weight excluding hydrogens is 428 g/mol. The smallest absolute Gasteiger partial charge is 0.335 e. The second kappa shape index (κ2) is 8.86. The maximum Gasteiger partial charge on any atom is 0.335 e. The lowest BCUT2D eigenvalue weighted by molar-refractivity contribution is 0.0696. The quantitative estimate of drug-likeness (QED) is 0.375. The summed E-state index contributed by atoms with van der Waals surface area (Å²) in [5, 5.41) is 10.0. The molecule has 4 rings (SSSR count). The highest BCUT2D eigenvalue weighted by Crippen LogP contribution is 2.31. The Morgan fingerprint density at radius 1 is 1.00 bits per heavy atom. The predicted octanol–water partition coefficient (Wildman–Crippen LogP) is 4.06. The Balaban J connectivity index is 1.58. The summed E-state index contributed by atoms with van der Waals surface area (Å²) in [5.74, 6) is -0.347. The average molecular weight is 451 g/mol. The molecule has 164 valence electrons. The van der Waals surface area contributed by atoms with E-state index in [9.17, 15) is 13.2 Å². The summed E-state index contributed by atoms with van der Waals surface area (Å²) in [6, 6.07) is 20.7. The van der Waals surface area contributed by atoms with Crippen molar-refractivity contribution in [2.75, 3.05) is 13.7 Å². The number of methoxy groups -OCH3 is 1. The molecule has 1 heterocycles. The molecule has 0 radical (unpaired) electrons. The minimum absolute atomic E-state index is 0.0248. The number of aromatic amines is 1. The van der Waals surface area contributed by atoms with Crippen LogP contribution in [0.1, 0.15) is 15.9 Å². The first-order chi connectivity index (χ1) is 15.4. The largest absolute Gasteiger partial charge is 0.497 e. The average Bonchev–Trinajstić information content (AvgIpc) is 3.17. The molecule has 0 aliphatic heterocycles. The van der Waals surface area contributed by atoms with Gasteiger partial charge in [0.25, 0.3) is 0 Å². The van der Waals surface area contributed by atoms with Crippen LogP contribution in [-0.4, -0.2) is 38.1 Å². The molecule has 32 heavy (non-hydrogen) atoms. The Morgan fingerprint density at radius 2 is 1.69 bits per heavy atom. The number of rotatable bonds is 8. The first kappa shape index (κ1) is 21.6. The number of benzene rings is 3. The van der Waals surface area contributed by atoms with E-state index in [4.69, 9.17) is 9.84 Å². The molecular formula is C24H22N2O5S. The van der Waals surface area contributed by atoms with Crippen molar-refractivity contribution in [2.24, 2.45) is 0 Å². The summed E-state index contributed by atoms with van der Waals surface area (Å²) in [6.45, 7) is 0.189. The Hall–Kier alpha value is -3.62. The third-order valence-corrected chi connectivity index (χ3v) is 6.75. The molecule has 0 amide bonds. The SMILES string of the molecule is COc1ccc(-c2[nH]c3ccccc3c2CCNS(=O)(=O)c2ccc(C(=O)O)cc2)cc1. The number of hydrogen-bond acceptors (Lipinski definition) is 4. The second-order valence-corrected chi connectivity index (χ2v) is 9.00. The lowest BCUT2D eigenvalue weighted by Gasteiger charge is -2.09. The van der Waals surface area contributed by atoms with E-state index >= 15 is 0 Å². The first-order valence-electron chi connectivity index (χ1n) is 9.96. The maximum atomic E-state index is 12.7. The van der Waals surface area contributed by atoms with E-state index in [1.54, 1.807) is 7.11 Å². The molecule has 3 aromatic carbocycles. The van der Waals surface area contributed by atoms with Crippen molar-refractivity contribution in [2.45, 2.75) is 11.3 Å². The third-order valence-electron chi connectivity index (χ3n) is 5.27. The highest BCUT2D eigenvalue weighted by atomic mass is 32.2. The van der Waals surface area contributed by atoms with Crippen molar-refractivity contribution < 1.29 is 23.1 Å². The molecule has 0 spiro atoms. The van der Waals surface area contributed by atoms with Crippen molar-refractivity contribution >= 4 is 26.9 Å². The third kappa shape index (κ3) is 4.37. The van der Waals surface area contributed by atoms with Gasteiger partial charge >= 0.3 is 5.97 Å². The Kier molecular flexibility index (Phi) is 5.98. The number of sulfonamides is 1. The van der Waals surface area contributed by atoms with E-state index in [2.05, 4.69) is 9.71 Å². The van der Waals surface area contributed by atoms with Crippen molar-refractivity contribution in [3.8, 4) is 17.0 Å². The van der Waals surface area contributed by atoms with Gasteiger partial charge in [-0.1, -0.05) is 18.2 Å². The van der Waals surface area contributed by atoms with Crippen LogP contribution < -0.4 is 9.46 Å². The lowest BCUT2D eigenvalue weighted by atomic mass is 10.0. The Morgan fingerprint density at radius 3 is 2.34 bits per heavy atom. The molecule has 0 unspecified atom stereocenters. The number of carboxylic acid groups (broad SMARTS) is 1. The zero-order valence-corrected chi connectivity index (χ0v) is 18.1. The van der Waals surface area contributed by atoms with Gasteiger partial charge < -0.3 is 14.8 Å². The minimum atomic E-state index is -3.77. The molecule has 8 heteroatoms. The molecule has 0 bridgehead atoms. The number of H-pyrrole nitrogens is 1. The van der Waals surface area contributed by atoms with Gasteiger partial charge in [-0.05, 0) is 72.1 Å². The number of nitrogens with one attached hydrogen (secondary N) is 2. The monoisotopic (exact) mass is 450 g/mol. The van der Waals surface area contributed by atoms with Crippen molar-refractivity contribution in [3.05, 3.63) is 83.9 Å². The fraction of sp³-hybridized carbons (Fsp3) is 0.125. The van der Waals surface area contributed by atoms with E-state index in [1.165, 1.54) is 24.3 Å². The van der Waals surface area contributed by atoms with Crippen LogP contribution in [0.25, 0.3) is 22.2 Å². The van der Waals surface area contributed by atoms with Gasteiger partial charge in [-0.25, -0.2) is 17.9 Å². The van der Waals surface area contributed by atoms with Crippen LogP contribution in [0.3, 0.4) is 0 Å². The topological polar surface area (TPSA) is 108 Å². The Bertz CT molecular complexity index is 1360. The molecule has 0 aliphatic carbocycles. The van der Waals surface area contributed by atoms with E-state index in [0.29, 0.717) is 6.42 Å². The Labute approximate surface area is 185 Å². The minimum Gasteiger partial charge on any atom is -0.497 e. The molecule has 1 aromatic heterocycles. The summed E-state index contributed by atoms with van der Waals surface area (Å²) in [6.07, 6.45) is 0.470. The van der Waals surface area contributed by atoms with Gasteiger partial charge in [-0.2, -0.15) is 0 Å². The van der Waals surface area contributed by atoms with Crippen molar-refractivity contribution in [1.29, 1.82) is 0 Å². The molecule has 0 aliphatic rings. The molecule has 0 saturated heterocycles. The second-order valence-electron chi connectivity index (χ2n) is 7.23. The highest BCUT2D eigenvalue weighted by Gasteiger charge is 2.17. The lowest BCUT2D eigenvalue weighted by Crippen LogP contribution is -2.26. The van der Waals surface area contributed by atoms with Crippen LogP contribution in [0.15, 0.2) is 77.7 Å². The van der Waals surface area contributed by atoms with Gasteiger partial charge in [0, 0.05) is 23.1 Å². The molecule has 0 atom stereocenters. The van der Waals surface area contributed by atoms with Gasteiger partial charge in [0.2, 0.25) is 10.0 Å². The molecule has 4 aromatic rings. The summed E-state index contributed by atoms with van der Waals surface area (Å²) < 4.78 is 33.2. The van der Waals surface area contributed by atoms with Gasteiger partial charge in [0.05, 0.1) is 17.6 Å². The van der Waals surface area contributed by atoms with Crippen LogP contribution in [0, 0.1) is 0 Å². The number of aromatic carboxylic acids is 1. The van der Waals surface area contributed by atoms with Crippen LogP contribution >= 0.6 is 0 Å². The zero-order valence-electron chi connectivity index (χ0n) is 17.3. The molecule has 3 N–H and O–H groups in total. The summed E-state index contributed by atoms with van der Waals surface area (Å²) in [5.41, 5.74) is 3.92. The normalized spacial score (nSPS) is 11.5. The van der Waals surface area contributed by atoms with E-state index in [-0.39, 0.29) is 17.0 Å². The zero-order chi connectivity index (χ0) is 22.7. The molecule has 7 nitrogen and oxygen atoms in total. The van der Waals surface area contributed by atoms with Crippen LogP contribution in [0.2, 0.25) is 0 Å². The number of hydrogen-bond donors (Lipinski definition) is 3. The van der Waals surface area contributed by atoms with E-state index < -0.39 is 16.0 Å². The highest BCUT2D eigenvalue weighted by molar-refractivity contribution is 7.89. The fourth-order valence-corrected chi connectivity index (χ4v) is 4.67. The number of carbonyl (C=O) groups is 1. The number of para-hydroxylation sites is 1. The van der Waals surface area contributed by atoms with Gasteiger partial charge in [0.1, 0.15) is 5.75 Å². The molecule has 0 fully saturated rings. The van der Waals surface area contributed by atoms with Crippen LogP contribution in [0.5, 0.6) is 5.75 Å². The summed E-state index contributed by atoms with van der Waals surface area (Å²) >= 11 is 0. The van der Waals surface area contributed by atoms with Gasteiger partial charge in [-0.3, -0.25) is 0 Å². The van der Waals surface area contributed by atoms with Crippen LogP contribution in [0.4, 0.5) is 0 Å². The van der Waals surface area contributed by atoms with Gasteiger partial charge in [-0.15, -0.1) is 0 Å². The number of carboxylic acids is 1. The van der Waals surface area contributed by atoms with Crippen LogP contribution in [-0.2, 0) is 16.4 Å². The summed E-state index contributed by atoms with van der Waals surface area (Å²) in [4.78, 5) is 14.4. The summed E-state index contributed by atoms with van der Waals surface area (Å²) in [7, 11) is -2.15. The predicted molar refractivity (Wildman–Crippen MR) is 123 cm³/mol. The van der Waals surface area contributed by atoms with E-state index in [0.717, 1.165) is 33.5 Å². The number of fused-ring (bicyclic) bond motifs is 1. The maximum absolute atomic E-state index is 12.7. The van der Waals surface area contributed by atoms with Crippen molar-refractivity contribution in [3.63, 3.8) is 0 Å². The van der Waals surface area contributed by atoms with Gasteiger partial charge in [0.15, 0.2) is 0 Å². The standard InChI is InChI=1S/C24H22N2O5S/c1-31-18-10-6-16(7-11-18)23-21(20-4-2-3-5-22(20)26-23)14-15-25-32(29,30)19-12-8-17(9-13-19)24(27)28/h2-13,25-26H,14-15H2,1H3,(H,27,28). The number of aromatic nitrogens is 1. The fourth-order valence-electron chi connectivity index (χ4n) is 3.63. The molecule has 0 saturated carbocycles. The number of ether oxygens (including phenoxy) is 1.